The van der Waals surface area contributed by atoms with Crippen molar-refractivity contribution in [2.24, 2.45) is 0 Å². The van der Waals surface area contributed by atoms with Crippen molar-refractivity contribution in [3.05, 3.63) is 23.3 Å². The second kappa shape index (κ2) is 10.1. The number of methoxy groups -OCH3 is 1. The van der Waals surface area contributed by atoms with Crippen LogP contribution >= 0.6 is 0 Å². The van der Waals surface area contributed by atoms with Crippen molar-refractivity contribution in [1.82, 2.24) is 4.90 Å². The zero-order valence-electron chi connectivity index (χ0n) is 15.9. The molecule has 10 heteroatoms. The van der Waals surface area contributed by atoms with E-state index in [-0.39, 0.29) is 24.5 Å². The van der Waals surface area contributed by atoms with Gasteiger partial charge in [0.1, 0.15) is 0 Å². The lowest BCUT2D eigenvalue weighted by molar-refractivity contribution is -0.0500. The molecule has 0 aliphatic carbocycles. The van der Waals surface area contributed by atoms with Crippen molar-refractivity contribution in [2.45, 2.75) is 45.3 Å². The Kier molecular flexibility index (Phi) is 8.83. The van der Waals surface area contributed by atoms with Crippen molar-refractivity contribution in [3.63, 3.8) is 0 Å². The maximum absolute atomic E-state index is 12.8. The second-order valence-corrected chi connectivity index (χ2v) is 7.48. The number of rotatable bonds is 11. The van der Waals surface area contributed by atoms with Gasteiger partial charge in [-0.25, -0.2) is 0 Å². The molecule has 1 rings (SSSR count). The van der Waals surface area contributed by atoms with Crippen LogP contribution in [-0.2, 0) is 28.0 Å². The number of unbranched alkanes of at least 4 members (excludes halogenated alkanes) is 1. The van der Waals surface area contributed by atoms with E-state index in [2.05, 4.69) is 4.18 Å². The Morgan fingerprint density at radius 3 is 2.37 bits per heavy atom. The van der Waals surface area contributed by atoms with Crippen molar-refractivity contribution < 1.29 is 35.2 Å². The SMILES string of the molecule is CCCCN(C)Cc1c(COCC)ccc(OC)c1OS(=O)(=O)C(F)(F)F. The van der Waals surface area contributed by atoms with Gasteiger partial charge in [0, 0.05) is 18.7 Å². The Morgan fingerprint density at radius 2 is 1.85 bits per heavy atom. The summed E-state index contributed by atoms with van der Waals surface area (Å²) in [6.07, 6.45) is 1.83. The monoisotopic (exact) mass is 413 g/mol. The highest BCUT2D eigenvalue weighted by Gasteiger charge is 2.49. The van der Waals surface area contributed by atoms with Gasteiger partial charge in [0.05, 0.1) is 13.7 Å². The number of halogens is 3. The van der Waals surface area contributed by atoms with Crippen LogP contribution in [0, 0.1) is 0 Å². The van der Waals surface area contributed by atoms with Crippen LogP contribution in [0.5, 0.6) is 11.5 Å². The fraction of sp³-hybridized carbons (Fsp3) is 0.647. The summed E-state index contributed by atoms with van der Waals surface area (Å²) in [7, 11) is -2.81. The standard InChI is InChI=1S/C17H26F3NO5S/c1-5-7-10-21(3)11-14-13(12-25-6-2)8-9-15(24-4)16(14)26-27(22,23)17(18,19)20/h8-9H,5-7,10-12H2,1-4H3. The van der Waals surface area contributed by atoms with Gasteiger partial charge in [-0.15, -0.1) is 0 Å². The minimum absolute atomic E-state index is 0.0954. The highest BCUT2D eigenvalue weighted by atomic mass is 32.2. The Labute approximate surface area is 158 Å². The molecule has 0 N–H and O–H groups in total. The van der Waals surface area contributed by atoms with Crippen molar-refractivity contribution >= 4 is 10.1 Å². The van der Waals surface area contributed by atoms with Crippen LogP contribution in [0.15, 0.2) is 12.1 Å². The summed E-state index contributed by atoms with van der Waals surface area (Å²) >= 11 is 0. The second-order valence-electron chi connectivity index (χ2n) is 5.95. The van der Waals surface area contributed by atoms with Gasteiger partial charge < -0.3 is 18.6 Å². The molecule has 0 spiro atoms. The molecule has 0 saturated heterocycles. The molecule has 0 amide bonds. The summed E-state index contributed by atoms with van der Waals surface area (Å²) in [5.41, 5.74) is -4.72. The molecule has 27 heavy (non-hydrogen) atoms. The Bertz CT molecular complexity index is 707. The quantitative estimate of drug-likeness (QED) is 0.407. The average Bonchev–Trinajstić information content (AvgIpc) is 2.58. The zero-order chi connectivity index (χ0) is 20.7. The fourth-order valence-corrected chi connectivity index (χ4v) is 2.85. The van der Waals surface area contributed by atoms with Gasteiger partial charge in [-0.1, -0.05) is 19.4 Å². The van der Waals surface area contributed by atoms with E-state index < -0.39 is 21.4 Å². The largest absolute Gasteiger partial charge is 0.534 e. The molecule has 0 fully saturated rings. The Balaban J connectivity index is 3.41. The molecule has 0 aliphatic rings. The van der Waals surface area contributed by atoms with Gasteiger partial charge in [-0.05, 0) is 38.6 Å². The number of hydrogen-bond donors (Lipinski definition) is 0. The molecule has 0 radical (unpaired) electrons. The normalized spacial score (nSPS) is 12.4. The van der Waals surface area contributed by atoms with E-state index in [1.165, 1.54) is 13.2 Å². The number of alkyl halides is 3. The molecular formula is C17H26F3NO5S. The van der Waals surface area contributed by atoms with E-state index in [4.69, 9.17) is 9.47 Å². The maximum Gasteiger partial charge on any atom is 0.534 e. The summed E-state index contributed by atoms with van der Waals surface area (Å²) in [6.45, 7) is 5.18. The predicted octanol–water partition coefficient (Wildman–Crippen LogP) is 3.69. The first kappa shape index (κ1) is 23.5. The van der Waals surface area contributed by atoms with Gasteiger partial charge >= 0.3 is 15.6 Å². The summed E-state index contributed by atoms with van der Waals surface area (Å²) in [5.74, 6) is -0.558. The first-order valence-electron chi connectivity index (χ1n) is 8.53. The smallest absolute Gasteiger partial charge is 0.493 e. The van der Waals surface area contributed by atoms with Crippen molar-refractivity contribution in [2.75, 3.05) is 27.3 Å². The predicted molar refractivity (Wildman–Crippen MR) is 95.2 cm³/mol. The molecule has 0 saturated carbocycles. The number of hydrogen-bond acceptors (Lipinski definition) is 6. The Hall–Kier alpha value is -1.52. The molecule has 0 atom stereocenters. The molecule has 0 aromatic heterocycles. The zero-order valence-corrected chi connectivity index (χ0v) is 16.7. The summed E-state index contributed by atoms with van der Waals surface area (Å²) in [5, 5.41) is 0. The van der Waals surface area contributed by atoms with Crippen LogP contribution in [0.4, 0.5) is 13.2 Å². The van der Waals surface area contributed by atoms with E-state index in [1.54, 1.807) is 20.0 Å². The average molecular weight is 413 g/mol. The topological polar surface area (TPSA) is 65.1 Å². The maximum atomic E-state index is 12.8. The van der Waals surface area contributed by atoms with E-state index in [1.807, 2.05) is 11.8 Å². The van der Waals surface area contributed by atoms with Crippen LogP contribution in [0.3, 0.4) is 0 Å². The first-order valence-corrected chi connectivity index (χ1v) is 9.93. The van der Waals surface area contributed by atoms with Gasteiger partial charge in [0.15, 0.2) is 11.5 Å². The minimum Gasteiger partial charge on any atom is -0.493 e. The lowest BCUT2D eigenvalue weighted by atomic mass is 10.1. The molecule has 0 bridgehead atoms. The summed E-state index contributed by atoms with van der Waals surface area (Å²) < 4.78 is 76.5. The van der Waals surface area contributed by atoms with Gasteiger partial charge in [0.25, 0.3) is 0 Å². The third kappa shape index (κ3) is 6.54. The number of benzene rings is 1. The third-order valence-electron chi connectivity index (χ3n) is 3.80. The van der Waals surface area contributed by atoms with Gasteiger partial charge in [-0.2, -0.15) is 21.6 Å². The number of ether oxygens (including phenoxy) is 2. The molecular weight excluding hydrogens is 387 g/mol. The van der Waals surface area contributed by atoms with Crippen LogP contribution in [0.2, 0.25) is 0 Å². The highest BCUT2D eigenvalue weighted by Crippen LogP contribution is 2.38. The van der Waals surface area contributed by atoms with E-state index in [0.717, 1.165) is 12.8 Å². The first-order chi connectivity index (χ1) is 12.6. The highest BCUT2D eigenvalue weighted by molar-refractivity contribution is 7.88. The molecule has 1 aromatic carbocycles. The Morgan fingerprint density at radius 1 is 1.19 bits per heavy atom. The van der Waals surface area contributed by atoms with Crippen molar-refractivity contribution in [3.8, 4) is 11.5 Å². The molecule has 6 nitrogen and oxygen atoms in total. The van der Waals surface area contributed by atoms with Crippen molar-refractivity contribution in [1.29, 1.82) is 0 Å². The molecule has 0 unspecified atom stereocenters. The lowest BCUT2D eigenvalue weighted by Crippen LogP contribution is -2.29. The van der Waals surface area contributed by atoms with Crippen LogP contribution in [0.25, 0.3) is 0 Å². The molecule has 0 heterocycles. The fourth-order valence-electron chi connectivity index (χ4n) is 2.35. The van der Waals surface area contributed by atoms with Gasteiger partial charge in [-0.3, -0.25) is 0 Å². The summed E-state index contributed by atoms with van der Waals surface area (Å²) in [6, 6.07) is 3.00. The van der Waals surface area contributed by atoms with E-state index >= 15 is 0 Å². The van der Waals surface area contributed by atoms with Gasteiger partial charge in [0.2, 0.25) is 0 Å². The van der Waals surface area contributed by atoms with Crippen LogP contribution in [-0.4, -0.2) is 46.1 Å². The van der Waals surface area contributed by atoms with Crippen LogP contribution < -0.4 is 8.92 Å². The van der Waals surface area contributed by atoms with E-state index in [9.17, 15) is 21.6 Å². The minimum atomic E-state index is -5.84. The van der Waals surface area contributed by atoms with E-state index in [0.29, 0.717) is 18.7 Å². The lowest BCUT2D eigenvalue weighted by Gasteiger charge is -2.23. The van der Waals surface area contributed by atoms with Crippen LogP contribution in [0.1, 0.15) is 37.8 Å². The molecule has 0 aliphatic heterocycles. The number of nitrogens with zero attached hydrogens (tertiary/aromatic N) is 1. The molecule has 156 valence electrons. The molecule has 1 aromatic rings. The third-order valence-corrected chi connectivity index (χ3v) is 4.75. The summed E-state index contributed by atoms with van der Waals surface area (Å²) in [4.78, 5) is 1.88.